The highest BCUT2D eigenvalue weighted by Crippen LogP contribution is 2.28. The number of nitrogens with zero attached hydrogens (tertiary/aromatic N) is 1. The highest BCUT2D eigenvalue weighted by atomic mass is 32.2. The lowest BCUT2D eigenvalue weighted by Gasteiger charge is -2.13. The van der Waals surface area contributed by atoms with Crippen LogP contribution in [-0.2, 0) is 4.79 Å². The molecule has 3 nitrogen and oxygen atoms in total. The van der Waals surface area contributed by atoms with Crippen LogP contribution in [0.15, 0.2) is 46.2 Å². The van der Waals surface area contributed by atoms with Gasteiger partial charge in [-0.2, -0.15) is 5.26 Å². The van der Waals surface area contributed by atoms with Gasteiger partial charge >= 0.3 is 0 Å². The fourth-order valence-electron chi connectivity index (χ4n) is 2.09. The third-order valence-corrected chi connectivity index (χ3v) is 4.69. The van der Waals surface area contributed by atoms with Gasteiger partial charge in [-0.05, 0) is 73.1 Å². The van der Waals surface area contributed by atoms with Crippen molar-refractivity contribution in [3.8, 4) is 5.40 Å². The number of aryl methyl sites for hydroxylation is 2. The predicted molar refractivity (Wildman–Crippen MR) is 93.1 cm³/mol. The summed E-state index contributed by atoms with van der Waals surface area (Å²) < 4.78 is 12.8. The van der Waals surface area contributed by atoms with Crippen molar-refractivity contribution in [3.63, 3.8) is 0 Å². The van der Waals surface area contributed by atoms with E-state index < -0.39 is 0 Å². The molecule has 0 aliphatic rings. The Kier molecular flexibility index (Phi) is 6.08. The van der Waals surface area contributed by atoms with Gasteiger partial charge in [-0.3, -0.25) is 4.79 Å². The van der Waals surface area contributed by atoms with Crippen LogP contribution in [0.5, 0.6) is 0 Å². The SMILES string of the molecule is Cc1cc(SC#N)cc(C)c1NC(=O)CSc1ccc(F)cc1. The Morgan fingerprint density at radius 1 is 1.17 bits per heavy atom. The van der Waals surface area contributed by atoms with Crippen LogP contribution in [-0.4, -0.2) is 11.7 Å². The minimum atomic E-state index is -0.291. The van der Waals surface area contributed by atoms with E-state index in [1.807, 2.05) is 31.4 Å². The first kappa shape index (κ1) is 17.4. The maximum Gasteiger partial charge on any atom is 0.234 e. The molecule has 6 heteroatoms. The third-order valence-electron chi connectivity index (χ3n) is 3.12. The summed E-state index contributed by atoms with van der Waals surface area (Å²) >= 11 is 2.45. The summed E-state index contributed by atoms with van der Waals surface area (Å²) in [5, 5.41) is 13.7. The zero-order chi connectivity index (χ0) is 16.8. The Balaban J connectivity index is 2.00. The molecule has 118 valence electrons. The summed E-state index contributed by atoms with van der Waals surface area (Å²) in [5.41, 5.74) is 2.61. The van der Waals surface area contributed by atoms with Crippen LogP contribution in [0.25, 0.3) is 0 Å². The number of nitriles is 1. The van der Waals surface area contributed by atoms with Gasteiger partial charge in [0.15, 0.2) is 0 Å². The summed E-state index contributed by atoms with van der Waals surface area (Å²) in [5.74, 6) is -0.161. The molecule has 0 atom stereocenters. The second-order valence-corrected chi connectivity index (χ2v) is 6.82. The Morgan fingerprint density at radius 3 is 2.35 bits per heavy atom. The molecule has 0 fully saturated rings. The normalized spacial score (nSPS) is 10.2. The van der Waals surface area contributed by atoms with Crippen molar-refractivity contribution < 1.29 is 9.18 Å². The largest absolute Gasteiger partial charge is 0.325 e. The number of anilines is 1. The van der Waals surface area contributed by atoms with Gasteiger partial charge < -0.3 is 5.32 Å². The van der Waals surface area contributed by atoms with Gasteiger partial charge in [0.1, 0.15) is 11.2 Å². The van der Waals surface area contributed by atoms with E-state index in [4.69, 9.17) is 5.26 Å². The summed E-state index contributed by atoms with van der Waals surface area (Å²) in [7, 11) is 0. The monoisotopic (exact) mass is 346 g/mol. The van der Waals surface area contributed by atoms with Crippen LogP contribution in [0, 0.1) is 30.3 Å². The molecule has 0 saturated carbocycles. The van der Waals surface area contributed by atoms with Gasteiger partial charge in [-0.1, -0.05) is 0 Å². The van der Waals surface area contributed by atoms with Crippen LogP contribution in [0.2, 0.25) is 0 Å². The van der Waals surface area contributed by atoms with Gasteiger partial charge in [-0.15, -0.1) is 11.8 Å². The van der Waals surface area contributed by atoms with Crippen molar-refractivity contribution in [2.24, 2.45) is 0 Å². The lowest BCUT2D eigenvalue weighted by Crippen LogP contribution is -2.15. The summed E-state index contributed by atoms with van der Waals surface area (Å²) in [4.78, 5) is 13.8. The van der Waals surface area contributed by atoms with E-state index in [0.29, 0.717) is 0 Å². The van der Waals surface area contributed by atoms with Crippen LogP contribution in [0.3, 0.4) is 0 Å². The highest BCUT2D eigenvalue weighted by Gasteiger charge is 2.10. The van der Waals surface area contributed by atoms with Gasteiger partial charge in [-0.25, -0.2) is 4.39 Å². The molecule has 0 spiro atoms. The predicted octanol–water partition coefficient (Wildman–Crippen LogP) is 4.75. The molecule has 2 rings (SSSR count). The van der Waals surface area contributed by atoms with Gasteiger partial charge in [0.05, 0.1) is 5.75 Å². The molecule has 0 saturated heterocycles. The molecule has 0 aromatic heterocycles. The molecule has 0 aliphatic heterocycles. The Hall–Kier alpha value is -1.97. The zero-order valence-corrected chi connectivity index (χ0v) is 14.4. The van der Waals surface area contributed by atoms with Crippen molar-refractivity contribution >= 4 is 35.1 Å². The Bertz CT molecular complexity index is 731. The first-order chi connectivity index (χ1) is 11.0. The minimum Gasteiger partial charge on any atom is -0.325 e. The highest BCUT2D eigenvalue weighted by molar-refractivity contribution is 8.03. The zero-order valence-electron chi connectivity index (χ0n) is 12.7. The number of nitrogens with one attached hydrogen (secondary N) is 1. The molecule has 0 aliphatic carbocycles. The van der Waals surface area contributed by atoms with Crippen molar-refractivity contribution in [2.45, 2.75) is 23.6 Å². The number of rotatable bonds is 5. The van der Waals surface area contributed by atoms with Gasteiger partial charge in [0.25, 0.3) is 0 Å². The van der Waals surface area contributed by atoms with Crippen molar-refractivity contribution in [1.82, 2.24) is 0 Å². The average Bonchev–Trinajstić information content (AvgIpc) is 2.51. The number of carbonyl (C=O) groups excluding carboxylic acids is 1. The summed E-state index contributed by atoms with van der Waals surface area (Å²) in [6, 6.07) is 9.81. The topological polar surface area (TPSA) is 52.9 Å². The van der Waals surface area contributed by atoms with Crippen LogP contribution >= 0.6 is 23.5 Å². The van der Waals surface area contributed by atoms with E-state index in [1.165, 1.54) is 23.9 Å². The minimum absolute atomic E-state index is 0.119. The van der Waals surface area contributed by atoms with E-state index in [1.54, 1.807) is 12.1 Å². The van der Waals surface area contributed by atoms with E-state index in [2.05, 4.69) is 5.32 Å². The van der Waals surface area contributed by atoms with Crippen LogP contribution < -0.4 is 5.32 Å². The second kappa shape index (κ2) is 8.04. The average molecular weight is 346 g/mol. The first-order valence-corrected chi connectivity index (χ1v) is 8.65. The number of carbonyl (C=O) groups is 1. The van der Waals surface area contributed by atoms with E-state index >= 15 is 0 Å². The molecule has 0 heterocycles. The first-order valence-electron chi connectivity index (χ1n) is 6.85. The fourth-order valence-corrected chi connectivity index (χ4v) is 3.36. The number of hydrogen-bond acceptors (Lipinski definition) is 4. The standard InChI is InChI=1S/C17H15FN2OS2/c1-11-7-15(23-10-19)8-12(2)17(11)20-16(21)9-22-14-5-3-13(18)4-6-14/h3-8H,9H2,1-2H3,(H,20,21). The molecule has 0 unspecified atom stereocenters. The molecule has 1 N–H and O–H groups in total. The summed E-state index contributed by atoms with van der Waals surface area (Å²) in [6.07, 6.45) is 0. The quantitative estimate of drug-likeness (QED) is 0.627. The molecular weight excluding hydrogens is 331 g/mol. The Labute approximate surface area is 143 Å². The van der Waals surface area contributed by atoms with Gasteiger partial charge in [0.2, 0.25) is 5.91 Å². The van der Waals surface area contributed by atoms with E-state index in [-0.39, 0.29) is 17.5 Å². The smallest absolute Gasteiger partial charge is 0.234 e. The lowest BCUT2D eigenvalue weighted by molar-refractivity contribution is -0.113. The van der Waals surface area contributed by atoms with Crippen LogP contribution in [0.4, 0.5) is 10.1 Å². The molecular formula is C17H15FN2OS2. The Morgan fingerprint density at radius 2 is 1.78 bits per heavy atom. The number of thiocyanates is 1. The second-order valence-electron chi connectivity index (χ2n) is 4.92. The number of halogens is 1. The van der Waals surface area contributed by atoms with Gasteiger partial charge in [0, 0.05) is 15.5 Å². The number of benzene rings is 2. The number of thioether (sulfide) groups is 2. The molecule has 2 aromatic carbocycles. The van der Waals surface area contributed by atoms with Crippen molar-refractivity contribution in [1.29, 1.82) is 5.26 Å². The third kappa shape index (κ3) is 5.02. The lowest BCUT2D eigenvalue weighted by atomic mass is 10.1. The molecule has 2 aromatic rings. The number of hydrogen-bond donors (Lipinski definition) is 1. The molecule has 1 amide bonds. The summed E-state index contributed by atoms with van der Waals surface area (Å²) in [6.45, 7) is 3.80. The maximum atomic E-state index is 12.8. The van der Waals surface area contributed by atoms with Crippen LogP contribution in [0.1, 0.15) is 11.1 Å². The van der Waals surface area contributed by atoms with E-state index in [9.17, 15) is 9.18 Å². The molecule has 0 bridgehead atoms. The van der Waals surface area contributed by atoms with Crippen molar-refractivity contribution in [2.75, 3.05) is 11.1 Å². The van der Waals surface area contributed by atoms with Crippen molar-refractivity contribution in [3.05, 3.63) is 53.3 Å². The number of amides is 1. The molecule has 23 heavy (non-hydrogen) atoms. The fraction of sp³-hybridized carbons (Fsp3) is 0.176. The van der Waals surface area contributed by atoms with E-state index in [0.717, 1.165) is 38.4 Å². The maximum absolute atomic E-state index is 12.8. The molecule has 0 radical (unpaired) electrons.